The van der Waals surface area contributed by atoms with E-state index in [-0.39, 0.29) is 19.8 Å². The van der Waals surface area contributed by atoms with E-state index < -0.39 is 21.8 Å². The molecule has 0 unspecified atom stereocenters. The van der Waals surface area contributed by atoms with E-state index in [1.165, 1.54) is 24.3 Å². The maximum Gasteiger partial charge on any atom is 0.275 e. The highest BCUT2D eigenvalue weighted by Crippen LogP contribution is 2.32. The Hall–Kier alpha value is -1.51. The molecule has 1 heterocycles. The number of nitrogens with zero attached hydrogens (tertiary/aromatic N) is 1. The van der Waals surface area contributed by atoms with E-state index in [4.69, 9.17) is 0 Å². The fourth-order valence-electron chi connectivity index (χ4n) is 2.28. The third-order valence-corrected chi connectivity index (χ3v) is 6.16. The average molecular weight is 459 g/mol. The number of imide groups is 1. The molecule has 0 bridgehead atoms. The van der Waals surface area contributed by atoms with E-state index in [0.29, 0.717) is 4.31 Å². The van der Waals surface area contributed by atoms with E-state index in [9.17, 15) is 18.0 Å². The van der Waals surface area contributed by atoms with E-state index >= 15 is 0 Å². The summed E-state index contributed by atoms with van der Waals surface area (Å²) in [5.74, 6) is -1.65. The summed E-state index contributed by atoms with van der Waals surface area (Å²) in [6.45, 7) is 0. The van der Waals surface area contributed by atoms with Gasteiger partial charge in [-0.15, -0.1) is 0 Å². The number of carbonyl (C=O) groups excluding carboxylic acids is 2. The predicted octanol–water partition coefficient (Wildman–Crippen LogP) is 3.46. The zero-order chi connectivity index (χ0) is 16.8. The second-order valence-corrected chi connectivity index (χ2v) is 9.64. The molecule has 23 heavy (non-hydrogen) atoms. The summed E-state index contributed by atoms with van der Waals surface area (Å²) in [5.41, 5.74) is 1.00. The molecule has 0 spiro atoms. The fraction of sp³-hybridized carbons (Fsp3) is 0.0667. The lowest BCUT2D eigenvalue weighted by Crippen LogP contribution is -2.36. The number of rotatable bonds is 3. The van der Waals surface area contributed by atoms with Crippen molar-refractivity contribution in [3.05, 3.63) is 65.2 Å². The van der Waals surface area contributed by atoms with Crippen molar-refractivity contribution in [1.29, 1.82) is 0 Å². The number of fused-ring (bicyclic) bond motifs is 1. The van der Waals surface area contributed by atoms with Gasteiger partial charge in [0.1, 0.15) is 0 Å². The highest BCUT2D eigenvalue weighted by atomic mass is 79.9. The molecule has 118 valence electrons. The molecule has 0 radical (unpaired) electrons. The van der Waals surface area contributed by atoms with Crippen LogP contribution in [-0.4, -0.2) is 24.5 Å². The maximum atomic E-state index is 12.7. The molecule has 2 amide bonds. The first-order valence-electron chi connectivity index (χ1n) is 6.45. The number of benzene rings is 2. The van der Waals surface area contributed by atoms with Crippen LogP contribution in [0.15, 0.2) is 53.4 Å². The molecule has 1 aliphatic rings. The first-order chi connectivity index (χ1) is 10.8. The SMILES string of the molecule is O=C1c2ccccc2C(=O)N1S(=O)(=O)c1ccc(C(Br)Br)cc1. The van der Waals surface area contributed by atoms with E-state index in [2.05, 4.69) is 31.9 Å². The Morgan fingerprint density at radius 3 is 1.74 bits per heavy atom. The Kier molecular flexibility index (Phi) is 4.16. The Labute approximate surface area is 149 Å². The van der Waals surface area contributed by atoms with Crippen LogP contribution in [-0.2, 0) is 10.0 Å². The molecule has 3 rings (SSSR count). The first kappa shape index (κ1) is 16.4. The van der Waals surface area contributed by atoms with Gasteiger partial charge in [-0.2, -0.15) is 4.31 Å². The molecule has 0 saturated heterocycles. The largest absolute Gasteiger partial charge is 0.275 e. The molecule has 1 aliphatic heterocycles. The molecule has 8 heteroatoms. The molecule has 0 aliphatic carbocycles. The summed E-state index contributed by atoms with van der Waals surface area (Å²) in [6.07, 6.45) is 0. The molecular weight excluding hydrogens is 450 g/mol. The lowest BCUT2D eigenvalue weighted by molar-refractivity contribution is 0.0765. The predicted molar refractivity (Wildman–Crippen MR) is 91.2 cm³/mol. The van der Waals surface area contributed by atoms with Crippen molar-refractivity contribution in [3.8, 4) is 0 Å². The minimum absolute atomic E-state index is 0.0960. The lowest BCUT2D eigenvalue weighted by Gasteiger charge is -2.14. The second kappa shape index (κ2) is 5.85. The zero-order valence-corrected chi connectivity index (χ0v) is 15.4. The van der Waals surface area contributed by atoms with Gasteiger partial charge in [0.15, 0.2) is 0 Å². The van der Waals surface area contributed by atoms with Crippen LogP contribution in [0.3, 0.4) is 0 Å². The smallest absolute Gasteiger partial charge is 0.267 e. The summed E-state index contributed by atoms with van der Waals surface area (Å²) in [6, 6.07) is 12.0. The van der Waals surface area contributed by atoms with Crippen LogP contribution in [0.4, 0.5) is 0 Å². The number of carbonyl (C=O) groups is 2. The number of hydrogen-bond donors (Lipinski definition) is 0. The van der Waals surface area contributed by atoms with Gasteiger partial charge in [0.05, 0.1) is 19.8 Å². The van der Waals surface area contributed by atoms with Gasteiger partial charge in [0, 0.05) is 0 Å². The summed E-state index contributed by atoms with van der Waals surface area (Å²) in [4.78, 5) is 24.5. The standard InChI is InChI=1S/C15H9Br2NO4S/c16-13(17)9-5-7-10(8-6-9)23(21,22)18-14(19)11-3-1-2-4-12(11)15(18)20/h1-8,13H. The van der Waals surface area contributed by atoms with Crippen LogP contribution < -0.4 is 0 Å². The van der Waals surface area contributed by atoms with Gasteiger partial charge in [0.2, 0.25) is 0 Å². The average Bonchev–Trinajstić information content (AvgIpc) is 2.80. The van der Waals surface area contributed by atoms with E-state index in [1.807, 2.05) is 0 Å². The Bertz CT molecular complexity index is 872. The number of halogens is 2. The van der Waals surface area contributed by atoms with Gasteiger partial charge in [0.25, 0.3) is 21.8 Å². The minimum atomic E-state index is -4.24. The van der Waals surface area contributed by atoms with Gasteiger partial charge >= 0.3 is 0 Å². The van der Waals surface area contributed by atoms with Crippen molar-refractivity contribution in [2.45, 2.75) is 8.63 Å². The van der Waals surface area contributed by atoms with Crippen molar-refractivity contribution in [2.24, 2.45) is 0 Å². The fourth-order valence-corrected chi connectivity index (χ4v) is 4.21. The van der Waals surface area contributed by atoms with E-state index in [1.54, 1.807) is 24.3 Å². The summed E-state index contributed by atoms with van der Waals surface area (Å²) in [5, 5.41) is 0. The number of amides is 2. The molecule has 0 aromatic heterocycles. The topological polar surface area (TPSA) is 71.5 Å². The molecular formula is C15H9Br2NO4S. The Morgan fingerprint density at radius 1 is 0.826 bits per heavy atom. The highest BCUT2D eigenvalue weighted by molar-refractivity contribution is 9.24. The van der Waals surface area contributed by atoms with Crippen LogP contribution in [0, 0.1) is 0 Å². The summed E-state index contributed by atoms with van der Waals surface area (Å²) < 4.78 is 25.5. The van der Waals surface area contributed by atoms with Gasteiger partial charge in [-0.3, -0.25) is 9.59 Å². The first-order valence-corrected chi connectivity index (χ1v) is 9.72. The zero-order valence-electron chi connectivity index (χ0n) is 11.4. The molecule has 0 N–H and O–H groups in total. The molecule has 0 fully saturated rings. The van der Waals surface area contributed by atoms with Crippen molar-refractivity contribution < 1.29 is 18.0 Å². The van der Waals surface area contributed by atoms with Crippen molar-refractivity contribution in [3.63, 3.8) is 0 Å². The molecule has 2 aromatic rings. The molecule has 0 atom stereocenters. The molecule has 2 aromatic carbocycles. The molecule has 5 nitrogen and oxygen atoms in total. The third-order valence-electron chi connectivity index (χ3n) is 3.43. The highest BCUT2D eigenvalue weighted by Gasteiger charge is 2.43. The lowest BCUT2D eigenvalue weighted by atomic mass is 10.1. The maximum absolute atomic E-state index is 12.7. The minimum Gasteiger partial charge on any atom is -0.267 e. The van der Waals surface area contributed by atoms with Crippen LogP contribution in [0.25, 0.3) is 0 Å². The van der Waals surface area contributed by atoms with E-state index in [0.717, 1.165) is 5.56 Å². The summed E-state index contributed by atoms with van der Waals surface area (Å²) >= 11 is 6.62. The summed E-state index contributed by atoms with van der Waals surface area (Å²) in [7, 11) is -4.24. The quantitative estimate of drug-likeness (QED) is 0.521. The van der Waals surface area contributed by atoms with Gasteiger partial charge < -0.3 is 0 Å². The number of alkyl halides is 2. The monoisotopic (exact) mass is 457 g/mol. The van der Waals surface area contributed by atoms with Gasteiger partial charge in [-0.25, -0.2) is 8.42 Å². The van der Waals surface area contributed by atoms with Crippen molar-refractivity contribution in [2.75, 3.05) is 0 Å². The van der Waals surface area contributed by atoms with Gasteiger partial charge in [-0.05, 0) is 29.8 Å². The molecule has 0 saturated carbocycles. The van der Waals surface area contributed by atoms with Crippen LogP contribution in [0.1, 0.15) is 30.0 Å². The van der Waals surface area contributed by atoms with Crippen molar-refractivity contribution >= 4 is 53.7 Å². The Balaban J connectivity index is 2.04. The van der Waals surface area contributed by atoms with Gasteiger partial charge in [-0.1, -0.05) is 56.1 Å². The third kappa shape index (κ3) is 2.64. The normalized spacial score (nSPS) is 14.5. The van der Waals surface area contributed by atoms with Crippen molar-refractivity contribution in [1.82, 2.24) is 4.31 Å². The Morgan fingerprint density at radius 2 is 1.30 bits per heavy atom. The number of sulfonamides is 1. The van der Waals surface area contributed by atoms with Crippen LogP contribution in [0.5, 0.6) is 0 Å². The second-order valence-electron chi connectivity index (χ2n) is 4.80. The van der Waals surface area contributed by atoms with Crippen LogP contribution in [0.2, 0.25) is 0 Å². The van der Waals surface area contributed by atoms with Crippen LogP contribution >= 0.6 is 31.9 Å². The number of hydrogen-bond acceptors (Lipinski definition) is 4.